The third-order valence-corrected chi connectivity index (χ3v) is 11.0. The number of aryl methyl sites for hydroxylation is 1. The average molecular weight is 783 g/mol. The first-order chi connectivity index (χ1) is 26.4. The quantitative estimate of drug-likeness (QED) is 0.0652. The standard InChI is InChI=1S/C43H61Cl2N5O4/c1-6-11-24-50-39-30-35(51-26-14-22-47(7-2)8-3)32-41(52-27-15-23-48(9-4)10-5)42(39)46-43(50)36-18-16-34(54-33-17-19-37(44)38(45)29-33)31-40(36)53-28-25-49-20-12-13-21-49/h16-19,29-32H,6-15,20-28H2,1-5H3. The van der Waals surface area contributed by atoms with E-state index in [9.17, 15) is 0 Å². The van der Waals surface area contributed by atoms with Crippen LogP contribution in [0.4, 0.5) is 0 Å². The number of imidazole rings is 1. The monoisotopic (exact) mass is 781 g/mol. The second-order valence-corrected chi connectivity index (χ2v) is 14.7. The Labute approximate surface area is 333 Å². The van der Waals surface area contributed by atoms with E-state index in [-0.39, 0.29) is 0 Å². The molecule has 1 fully saturated rings. The highest BCUT2D eigenvalue weighted by atomic mass is 35.5. The van der Waals surface area contributed by atoms with Crippen LogP contribution in [-0.2, 0) is 6.54 Å². The molecule has 0 saturated carbocycles. The summed E-state index contributed by atoms with van der Waals surface area (Å²) in [6, 6.07) is 15.4. The Morgan fingerprint density at radius 1 is 0.648 bits per heavy atom. The van der Waals surface area contributed by atoms with Crippen molar-refractivity contribution < 1.29 is 18.9 Å². The first-order valence-electron chi connectivity index (χ1n) is 20.2. The third-order valence-electron chi connectivity index (χ3n) is 10.3. The van der Waals surface area contributed by atoms with Crippen molar-refractivity contribution in [1.82, 2.24) is 24.3 Å². The summed E-state index contributed by atoms with van der Waals surface area (Å²) in [4.78, 5) is 12.7. The second kappa shape index (κ2) is 21.8. The van der Waals surface area contributed by atoms with Gasteiger partial charge in [0, 0.05) is 50.4 Å². The van der Waals surface area contributed by atoms with E-state index < -0.39 is 0 Å². The van der Waals surface area contributed by atoms with Crippen molar-refractivity contribution in [3.8, 4) is 40.1 Å². The van der Waals surface area contributed by atoms with Gasteiger partial charge in [-0.15, -0.1) is 0 Å². The predicted molar refractivity (Wildman–Crippen MR) is 224 cm³/mol. The van der Waals surface area contributed by atoms with Gasteiger partial charge in [-0.05, 0) is 95.6 Å². The summed E-state index contributed by atoms with van der Waals surface area (Å²) in [6.45, 7) is 22.9. The molecule has 1 aliphatic heterocycles. The number of unbranched alkanes of at least 4 members (excludes halogenated alkanes) is 1. The molecule has 0 spiro atoms. The molecule has 0 amide bonds. The number of rotatable bonds is 24. The van der Waals surface area contributed by atoms with Crippen LogP contribution in [-0.4, -0.2) is 103 Å². The molecule has 0 unspecified atom stereocenters. The number of halogens is 2. The number of nitrogens with zero attached hydrogens (tertiary/aromatic N) is 5. The van der Waals surface area contributed by atoms with Crippen molar-refractivity contribution in [3.63, 3.8) is 0 Å². The summed E-state index contributed by atoms with van der Waals surface area (Å²) >= 11 is 12.5. The van der Waals surface area contributed by atoms with Crippen LogP contribution in [0.3, 0.4) is 0 Å². The summed E-state index contributed by atoms with van der Waals surface area (Å²) < 4.78 is 28.2. The van der Waals surface area contributed by atoms with Crippen LogP contribution < -0.4 is 18.9 Å². The molecule has 0 bridgehead atoms. The number of hydrogen-bond donors (Lipinski definition) is 0. The fourth-order valence-electron chi connectivity index (χ4n) is 6.97. The average Bonchev–Trinajstić information content (AvgIpc) is 3.84. The van der Waals surface area contributed by atoms with Gasteiger partial charge in [0.05, 0.1) is 34.3 Å². The molecule has 3 aromatic carbocycles. The molecule has 2 heterocycles. The molecular weight excluding hydrogens is 721 g/mol. The van der Waals surface area contributed by atoms with Gasteiger partial charge in [-0.25, -0.2) is 4.98 Å². The van der Waals surface area contributed by atoms with Gasteiger partial charge in [0.15, 0.2) is 5.75 Å². The molecule has 5 rings (SSSR count). The number of aromatic nitrogens is 2. The van der Waals surface area contributed by atoms with Crippen LogP contribution in [0.25, 0.3) is 22.4 Å². The molecule has 0 radical (unpaired) electrons. The minimum absolute atomic E-state index is 0.441. The van der Waals surface area contributed by atoms with Crippen LogP contribution in [0.5, 0.6) is 28.7 Å². The Balaban J connectivity index is 1.52. The lowest BCUT2D eigenvalue weighted by Crippen LogP contribution is -2.25. The molecule has 1 saturated heterocycles. The van der Waals surface area contributed by atoms with Crippen LogP contribution in [0.2, 0.25) is 10.0 Å². The summed E-state index contributed by atoms with van der Waals surface area (Å²) in [5.41, 5.74) is 2.73. The summed E-state index contributed by atoms with van der Waals surface area (Å²) in [7, 11) is 0. The summed E-state index contributed by atoms with van der Waals surface area (Å²) in [5.74, 6) is 4.34. The molecule has 1 aromatic heterocycles. The van der Waals surface area contributed by atoms with Crippen molar-refractivity contribution in [2.24, 2.45) is 0 Å². The lowest BCUT2D eigenvalue weighted by molar-refractivity contribution is 0.238. The SMILES string of the molecule is CCCCn1c(-c2ccc(Oc3ccc(Cl)c(Cl)c3)cc2OCCN2CCCC2)nc2c(OCCCN(CC)CC)cc(OCCCN(CC)CC)cc21. The molecule has 9 nitrogen and oxygen atoms in total. The molecule has 0 N–H and O–H groups in total. The molecular formula is C43H61Cl2N5O4. The Morgan fingerprint density at radius 2 is 1.28 bits per heavy atom. The van der Waals surface area contributed by atoms with Crippen molar-refractivity contribution in [1.29, 1.82) is 0 Å². The Morgan fingerprint density at radius 3 is 1.94 bits per heavy atom. The van der Waals surface area contributed by atoms with E-state index in [1.807, 2.05) is 24.3 Å². The van der Waals surface area contributed by atoms with Gasteiger partial charge in [0.25, 0.3) is 0 Å². The highest BCUT2D eigenvalue weighted by Crippen LogP contribution is 2.40. The van der Waals surface area contributed by atoms with E-state index in [0.29, 0.717) is 41.4 Å². The number of ether oxygens (including phenoxy) is 4. The maximum absolute atomic E-state index is 6.62. The van der Waals surface area contributed by atoms with Gasteiger partial charge in [-0.1, -0.05) is 64.2 Å². The smallest absolute Gasteiger partial charge is 0.150 e. The minimum atomic E-state index is 0.441. The van der Waals surface area contributed by atoms with E-state index in [1.54, 1.807) is 12.1 Å². The second-order valence-electron chi connectivity index (χ2n) is 13.9. The molecule has 296 valence electrons. The van der Waals surface area contributed by atoms with Crippen LogP contribution in [0.1, 0.15) is 73.1 Å². The zero-order valence-electron chi connectivity index (χ0n) is 33.2. The van der Waals surface area contributed by atoms with Crippen LogP contribution in [0, 0.1) is 0 Å². The van der Waals surface area contributed by atoms with E-state index in [0.717, 1.165) is 131 Å². The lowest BCUT2D eigenvalue weighted by Gasteiger charge is -2.19. The van der Waals surface area contributed by atoms with E-state index in [1.165, 1.54) is 12.8 Å². The first kappa shape index (κ1) is 41.9. The van der Waals surface area contributed by atoms with Crippen LogP contribution >= 0.6 is 23.2 Å². The fraction of sp³-hybridized carbons (Fsp3) is 0.558. The van der Waals surface area contributed by atoms with Crippen molar-refractivity contribution in [2.75, 3.05) is 78.7 Å². The van der Waals surface area contributed by atoms with Crippen molar-refractivity contribution >= 4 is 34.2 Å². The first-order valence-corrected chi connectivity index (χ1v) is 21.0. The molecule has 0 atom stereocenters. The van der Waals surface area contributed by atoms with Gasteiger partial charge >= 0.3 is 0 Å². The minimum Gasteiger partial charge on any atom is -0.493 e. The topological polar surface area (TPSA) is 64.5 Å². The van der Waals surface area contributed by atoms with E-state index in [2.05, 4.69) is 66.0 Å². The van der Waals surface area contributed by atoms with Crippen molar-refractivity contribution in [2.45, 2.75) is 79.7 Å². The van der Waals surface area contributed by atoms with Gasteiger partial charge < -0.3 is 33.3 Å². The number of likely N-dealkylation sites (tertiary alicyclic amines) is 1. The normalized spacial score (nSPS) is 13.4. The third kappa shape index (κ3) is 11.7. The molecule has 11 heteroatoms. The molecule has 4 aromatic rings. The lowest BCUT2D eigenvalue weighted by atomic mass is 10.1. The molecule has 1 aliphatic rings. The molecule has 54 heavy (non-hydrogen) atoms. The predicted octanol–water partition coefficient (Wildman–Crippen LogP) is 10.3. The Hall–Kier alpha value is -3.21. The summed E-state index contributed by atoms with van der Waals surface area (Å²) in [6.07, 6.45) is 6.40. The van der Waals surface area contributed by atoms with Crippen LogP contribution in [0.15, 0.2) is 48.5 Å². The number of fused-ring (bicyclic) bond motifs is 1. The Bertz CT molecular complexity index is 1740. The Kier molecular flexibility index (Phi) is 16.9. The van der Waals surface area contributed by atoms with Gasteiger partial charge in [0.2, 0.25) is 0 Å². The zero-order chi connectivity index (χ0) is 38.3. The van der Waals surface area contributed by atoms with E-state index >= 15 is 0 Å². The van der Waals surface area contributed by atoms with Gasteiger partial charge in [-0.2, -0.15) is 0 Å². The number of benzene rings is 3. The number of hydrogen-bond acceptors (Lipinski definition) is 8. The maximum atomic E-state index is 6.62. The highest BCUT2D eigenvalue weighted by molar-refractivity contribution is 6.42. The summed E-state index contributed by atoms with van der Waals surface area (Å²) in [5, 5.41) is 0.924. The van der Waals surface area contributed by atoms with Gasteiger partial charge in [0.1, 0.15) is 40.9 Å². The maximum Gasteiger partial charge on any atom is 0.150 e. The van der Waals surface area contributed by atoms with Gasteiger partial charge in [-0.3, -0.25) is 4.90 Å². The molecule has 0 aliphatic carbocycles. The van der Waals surface area contributed by atoms with E-state index in [4.69, 9.17) is 47.1 Å². The fourth-order valence-corrected chi connectivity index (χ4v) is 7.26. The van der Waals surface area contributed by atoms with Crippen molar-refractivity contribution in [3.05, 3.63) is 58.6 Å². The largest absolute Gasteiger partial charge is 0.493 e. The highest BCUT2D eigenvalue weighted by Gasteiger charge is 2.22. The zero-order valence-corrected chi connectivity index (χ0v) is 34.7.